The van der Waals surface area contributed by atoms with Crippen LogP contribution in [0.1, 0.15) is 20.8 Å². The lowest BCUT2D eigenvalue weighted by Gasteiger charge is -2.27. The molecule has 1 aromatic heterocycles. The van der Waals surface area contributed by atoms with Gasteiger partial charge >= 0.3 is 0 Å². The van der Waals surface area contributed by atoms with Crippen LogP contribution in [-0.4, -0.2) is 4.57 Å². The Balaban J connectivity index is 2.43. The lowest BCUT2D eigenvalue weighted by molar-refractivity contribution is 0.422. The van der Waals surface area contributed by atoms with Gasteiger partial charge in [0, 0.05) is 26.5 Å². The summed E-state index contributed by atoms with van der Waals surface area (Å²) in [5.74, 6) is 0. The van der Waals surface area contributed by atoms with E-state index in [0.29, 0.717) is 0 Å². The van der Waals surface area contributed by atoms with Crippen molar-refractivity contribution in [3.8, 4) is 0 Å². The van der Waals surface area contributed by atoms with E-state index in [0.717, 1.165) is 0 Å². The van der Waals surface area contributed by atoms with Crippen LogP contribution in [0.15, 0.2) is 72.8 Å². The molecule has 2 heteroatoms. The monoisotopic (exact) mass is 331 g/mol. The van der Waals surface area contributed by atoms with E-state index >= 15 is 0 Å². The average Bonchev–Trinajstić information content (AvgIpc) is 2.55. The van der Waals surface area contributed by atoms with E-state index in [4.69, 9.17) is 0 Å². The molecule has 0 amide bonds. The van der Waals surface area contributed by atoms with Gasteiger partial charge in [-0.1, -0.05) is 48.5 Å². The average molecular weight is 331 g/mol. The molecular weight excluding hydrogens is 310 g/mol. The third-order valence-corrected chi connectivity index (χ3v) is 5.46. The van der Waals surface area contributed by atoms with E-state index in [2.05, 4.69) is 98.1 Å². The molecule has 0 aliphatic heterocycles. The number of para-hydroxylation sites is 2. The van der Waals surface area contributed by atoms with Crippen molar-refractivity contribution in [2.45, 2.75) is 26.3 Å². The van der Waals surface area contributed by atoms with Crippen molar-refractivity contribution in [3.05, 3.63) is 72.8 Å². The molecule has 0 aliphatic carbocycles. The Kier molecular flexibility index (Phi) is 3.58. The van der Waals surface area contributed by atoms with Crippen molar-refractivity contribution >= 4 is 42.5 Å². The molecule has 0 radical (unpaired) electrons. The van der Waals surface area contributed by atoms with Gasteiger partial charge in [0.05, 0.1) is 10.2 Å². The number of nitrogens with zero attached hydrogens (tertiary/aromatic N) is 1. The molecular formula is C22H21NS. The predicted molar refractivity (Wildman–Crippen MR) is 107 cm³/mol. The first-order valence-corrected chi connectivity index (χ1v) is 9.13. The summed E-state index contributed by atoms with van der Waals surface area (Å²) in [6.07, 6.45) is 0. The van der Waals surface area contributed by atoms with Gasteiger partial charge in [-0.2, -0.15) is 0 Å². The highest BCUT2D eigenvalue weighted by Gasteiger charge is 2.17. The molecule has 1 nitrogen and oxygen atoms in total. The smallest absolute Gasteiger partial charge is 0.0591 e. The zero-order valence-corrected chi connectivity index (χ0v) is 15.1. The molecule has 0 saturated heterocycles. The number of aromatic nitrogens is 1. The van der Waals surface area contributed by atoms with Crippen molar-refractivity contribution in [3.63, 3.8) is 0 Å². The molecule has 0 N–H and O–H groups in total. The lowest BCUT2D eigenvalue weighted by Crippen LogP contribution is -2.22. The summed E-state index contributed by atoms with van der Waals surface area (Å²) in [7, 11) is 0. The van der Waals surface area contributed by atoms with Gasteiger partial charge in [0.2, 0.25) is 0 Å². The molecule has 0 atom stereocenters. The van der Waals surface area contributed by atoms with Crippen LogP contribution in [0.5, 0.6) is 0 Å². The number of rotatable bonds is 0. The van der Waals surface area contributed by atoms with Gasteiger partial charge in [0.1, 0.15) is 0 Å². The third-order valence-electron chi connectivity index (χ3n) is 4.32. The quantitative estimate of drug-likeness (QED) is 0.331. The van der Waals surface area contributed by atoms with Crippen molar-refractivity contribution in [1.29, 1.82) is 0 Å². The summed E-state index contributed by atoms with van der Waals surface area (Å²) in [6, 6.07) is 26.2. The molecule has 0 saturated carbocycles. The molecule has 0 unspecified atom stereocenters. The Labute approximate surface area is 146 Å². The van der Waals surface area contributed by atoms with Gasteiger partial charge in [0.25, 0.3) is 0 Å². The van der Waals surface area contributed by atoms with Gasteiger partial charge in [-0.15, -0.1) is 11.3 Å². The first-order valence-electron chi connectivity index (χ1n) is 8.31. The molecule has 24 heavy (non-hydrogen) atoms. The Bertz CT molecular complexity index is 1090. The fraction of sp³-hybridized carbons (Fsp3) is 0.182. The maximum absolute atomic E-state index is 2.47. The summed E-state index contributed by atoms with van der Waals surface area (Å²) in [5.41, 5.74) is 2.53. The minimum atomic E-state index is -0.0148. The zero-order valence-electron chi connectivity index (χ0n) is 14.3. The van der Waals surface area contributed by atoms with Crippen LogP contribution in [0, 0.1) is 0 Å². The second-order valence-corrected chi connectivity index (χ2v) is 8.17. The van der Waals surface area contributed by atoms with Crippen molar-refractivity contribution < 1.29 is 0 Å². The molecule has 0 aliphatic rings. The van der Waals surface area contributed by atoms with E-state index in [1.54, 1.807) is 0 Å². The molecule has 120 valence electrons. The summed E-state index contributed by atoms with van der Waals surface area (Å²) in [4.78, 5) is 0. The Morgan fingerprint density at radius 3 is 1.88 bits per heavy atom. The number of fused-ring (bicyclic) bond motifs is 4. The lowest BCUT2D eigenvalue weighted by atomic mass is 10.1. The predicted octanol–water partition coefficient (Wildman–Crippen LogP) is 6.89. The maximum Gasteiger partial charge on any atom is 0.0591 e. The highest BCUT2D eigenvalue weighted by atomic mass is 32.1. The standard InChI is InChI=1S/C22H21NS/c1-22(2,3)23-18-12-6-4-10-16(18)17-11-5-8-14-20(17)24-21-15-9-7-13-19(21)23/h4-15H,1-3H3. The number of benzene rings is 3. The molecule has 1 heterocycles. The zero-order chi connectivity index (χ0) is 16.7. The maximum atomic E-state index is 2.47. The topological polar surface area (TPSA) is 4.93 Å². The minimum absolute atomic E-state index is 0.0148. The fourth-order valence-corrected chi connectivity index (χ4v) is 4.46. The van der Waals surface area contributed by atoms with Gasteiger partial charge in [0.15, 0.2) is 0 Å². The van der Waals surface area contributed by atoms with Crippen LogP contribution in [0.3, 0.4) is 0 Å². The van der Waals surface area contributed by atoms with E-state index in [-0.39, 0.29) is 5.54 Å². The van der Waals surface area contributed by atoms with Gasteiger partial charge in [-0.3, -0.25) is 0 Å². The Morgan fingerprint density at radius 1 is 0.625 bits per heavy atom. The van der Waals surface area contributed by atoms with E-state index in [1.807, 2.05) is 11.3 Å². The van der Waals surface area contributed by atoms with Crippen molar-refractivity contribution in [2.24, 2.45) is 0 Å². The number of hydrogen-bond donors (Lipinski definition) is 0. The largest absolute Gasteiger partial charge is 0.334 e. The second kappa shape index (κ2) is 5.64. The summed E-state index contributed by atoms with van der Waals surface area (Å²) in [6.45, 7) is 6.83. The Morgan fingerprint density at radius 2 is 1.17 bits per heavy atom. The van der Waals surface area contributed by atoms with E-state index in [9.17, 15) is 0 Å². The van der Waals surface area contributed by atoms with Crippen molar-refractivity contribution in [1.82, 2.24) is 4.57 Å². The molecule has 4 aromatic rings. The van der Waals surface area contributed by atoms with E-state index in [1.165, 1.54) is 31.2 Å². The third kappa shape index (κ3) is 2.47. The van der Waals surface area contributed by atoms with Crippen LogP contribution < -0.4 is 0 Å². The fourth-order valence-electron chi connectivity index (χ4n) is 3.37. The minimum Gasteiger partial charge on any atom is -0.334 e. The first-order chi connectivity index (χ1) is 11.6. The SMILES string of the molecule is CC(C)(C)n1c2ccccc2sc2ccccc2c2ccccc21. The molecule has 0 bridgehead atoms. The van der Waals surface area contributed by atoms with Gasteiger partial charge < -0.3 is 4.57 Å². The molecule has 3 aromatic carbocycles. The van der Waals surface area contributed by atoms with Crippen LogP contribution in [0.2, 0.25) is 0 Å². The van der Waals surface area contributed by atoms with Crippen LogP contribution in [0.4, 0.5) is 0 Å². The normalized spacial score (nSPS) is 12.0. The second-order valence-electron chi connectivity index (χ2n) is 7.09. The van der Waals surface area contributed by atoms with Gasteiger partial charge in [-0.05, 0) is 45.0 Å². The van der Waals surface area contributed by atoms with Gasteiger partial charge in [-0.25, -0.2) is 0 Å². The highest BCUT2D eigenvalue weighted by Crippen LogP contribution is 2.33. The molecule has 4 rings (SSSR count). The number of hydrogen-bond acceptors (Lipinski definition) is 1. The van der Waals surface area contributed by atoms with Crippen LogP contribution >= 0.6 is 11.3 Å². The summed E-state index contributed by atoms with van der Waals surface area (Å²) >= 11 is 1.86. The summed E-state index contributed by atoms with van der Waals surface area (Å²) in [5, 5.41) is 2.60. The van der Waals surface area contributed by atoms with Crippen LogP contribution in [0.25, 0.3) is 31.2 Å². The van der Waals surface area contributed by atoms with Crippen LogP contribution in [-0.2, 0) is 5.54 Å². The summed E-state index contributed by atoms with van der Waals surface area (Å²) < 4.78 is 5.08. The highest BCUT2D eigenvalue weighted by molar-refractivity contribution is 7.24. The van der Waals surface area contributed by atoms with E-state index < -0.39 is 0 Å². The molecule has 0 fully saturated rings. The molecule has 0 spiro atoms. The first kappa shape index (κ1) is 15.2. The Hall–Kier alpha value is -2.32. The van der Waals surface area contributed by atoms with Crippen molar-refractivity contribution in [2.75, 3.05) is 0 Å².